The molecule has 0 atom stereocenters. The van der Waals surface area contributed by atoms with Gasteiger partial charge in [0.1, 0.15) is 12.4 Å². The van der Waals surface area contributed by atoms with E-state index in [1.165, 1.54) is 4.68 Å². The predicted octanol–water partition coefficient (Wildman–Crippen LogP) is 1.55. The number of benzene rings is 1. The van der Waals surface area contributed by atoms with Gasteiger partial charge in [-0.2, -0.15) is 0 Å². The molecule has 0 radical (unpaired) electrons. The van der Waals surface area contributed by atoms with E-state index in [9.17, 15) is 9.59 Å². The lowest BCUT2D eigenvalue weighted by Gasteiger charge is -2.09. The highest BCUT2D eigenvalue weighted by molar-refractivity contribution is 7.99. The SMILES string of the molecule is CCOC(=O)NC(=O)CSc1nnc(COc2ccc(C)cc2C)n1N. The molecular weight excluding hydrogens is 358 g/mol. The second-order valence-corrected chi connectivity index (χ2v) is 6.33. The van der Waals surface area contributed by atoms with Gasteiger partial charge in [-0.1, -0.05) is 29.5 Å². The molecule has 1 aromatic heterocycles. The van der Waals surface area contributed by atoms with E-state index in [1.807, 2.05) is 32.0 Å². The van der Waals surface area contributed by atoms with E-state index in [2.05, 4.69) is 20.3 Å². The maximum Gasteiger partial charge on any atom is 0.413 e. The number of hydrogen-bond donors (Lipinski definition) is 2. The summed E-state index contributed by atoms with van der Waals surface area (Å²) in [6.45, 7) is 5.95. The number of carbonyl (C=O) groups excluding carboxylic acids is 2. The van der Waals surface area contributed by atoms with E-state index < -0.39 is 12.0 Å². The van der Waals surface area contributed by atoms with Crippen LogP contribution >= 0.6 is 11.8 Å². The molecule has 0 aliphatic carbocycles. The van der Waals surface area contributed by atoms with Crippen LogP contribution in [0.5, 0.6) is 5.75 Å². The van der Waals surface area contributed by atoms with E-state index in [1.54, 1.807) is 6.92 Å². The summed E-state index contributed by atoms with van der Waals surface area (Å²) in [5.41, 5.74) is 2.16. The Morgan fingerprint density at radius 3 is 2.77 bits per heavy atom. The lowest BCUT2D eigenvalue weighted by molar-refractivity contribution is -0.117. The Labute approximate surface area is 155 Å². The van der Waals surface area contributed by atoms with E-state index in [0.29, 0.717) is 11.0 Å². The van der Waals surface area contributed by atoms with Gasteiger partial charge in [0.25, 0.3) is 0 Å². The first kappa shape index (κ1) is 19.6. The van der Waals surface area contributed by atoms with Gasteiger partial charge in [-0.25, -0.2) is 9.47 Å². The Hall–Kier alpha value is -2.75. The Morgan fingerprint density at radius 2 is 2.08 bits per heavy atom. The Kier molecular flexibility index (Phi) is 6.84. The van der Waals surface area contributed by atoms with Gasteiger partial charge in [0.15, 0.2) is 5.82 Å². The summed E-state index contributed by atoms with van der Waals surface area (Å²) in [6.07, 6.45) is -0.783. The van der Waals surface area contributed by atoms with Gasteiger partial charge >= 0.3 is 6.09 Å². The van der Waals surface area contributed by atoms with Gasteiger partial charge in [-0.15, -0.1) is 10.2 Å². The summed E-state index contributed by atoms with van der Waals surface area (Å²) in [5.74, 6) is 6.53. The molecule has 10 heteroatoms. The van der Waals surface area contributed by atoms with Gasteiger partial charge in [0.05, 0.1) is 12.4 Å². The zero-order valence-corrected chi connectivity index (χ0v) is 15.6. The zero-order chi connectivity index (χ0) is 19.1. The number of alkyl carbamates (subject to hydrolysis) is 1. The van der Waals surface area contributed by atoms with Gasteiger partial charge in [-0.05, 0) is 32.4 Å². The van der Waals surface area contributed by atoms with Crippen molar-refractivity contribution < 1.29 is 19.1 Å². The number of amides is 2. The number of imide groups is 1. The molecule has 3 N–H and O–H groups in total. The molecule has 0 unspecified atom stereocenters. The number of carbonyl (C=O) groups is 2. The molecule has 2 amide bonds. The van der Waals surface area contributed by atoms with Crippen molar-refractivity contribution >= 4 is 23.8 Å². The second-order valence-electron chi connectivity index (χ2n) is 5.38. The normalized spacial score (nSPS) is 10.4. The molecule has 0 saturated heterocycles. The van der Waals surface area contributed by atoms with Crippen molar-refractivity contribution in [3.8, 4) is 5.75 Å². The number of nitrogens with zero attached hydrogens (tertiary/aromatic N) is 3. The molecule has 1 aromatic carbocycles. The van der Waals surface area contributed by atoms with Crippen LogP contribution in [0.1, 0.15) is 23.9 Å². The van der Waals surface area contributed by atoms with E-state index in [0.717, 1.165) is 28.6 Å². The number of hydrogen-bond acceptors (Lipinski definition) is 8. The van der Waals surface area contributed by atoms with Crippen LogP contribution in [0.15, 0.2) is 23.4 Å². The zero-order valence-electron chi connectivity index (χ0n) is 14.8. The smallest absolute Gasteiger partial charge is 0.413 e. The lowest BCUT2D eigenvalue weighted by atomic mass is 10.1. The number of ether oxygens (including phenoxy) is 2. The Bertz CT molecular complexity index is 793. The fourth-order valence-corrected chi connectivity index (χ4v) is 2.73. The van der Waals surface area contributed by atoms with Gasteiger partial charge < -0.3 is 15.3 Å². The predicted molar refractivity (Wildman–Crippen MR) is 96.3 cm³/mol. The number of rotatable bonds is 7. The monoisotopic (exact) mass is 379 g/mol. The molecule has 2 rings (SSSR count). The van der Waals surface area contributed by atoms with Crippen LogP contribution in [-0.4, -0.2) is 39.2 Å². The molecule has 2 aromatic rings. The summed E-state index contributed by atoms with van der Waals surface area (Å²) < 4.78 is 11.6. The fourth-order valence-electron chi connectivity index (χ4n) is 2.05. The quantitative estimate of drug-likeness (QED) is 0.549. The highest BCUT2D eigenvalue weighted by Gasteiger charge is 2.14. The third-order valence-corrected chi connectivity index (χ3v) is 4.21. The molecule has 26 heavy (non-hydrogen) atoms. The van der Waals surface area contributed by atoms with Crippen LogP contribution in [0.3, 0.4) is 0 Å². The molecule has 1 heterocycles. The first-order chi connectivity index (χ1) is 12.4. The molecule has 0 bridgehead atoms. The maximum atomic E-state index is 11.6. The van der Waals surface area contributed by atoms with Crippen LogP contribution < -0.4 is 15.9 Å². The van der Waals surface area contributed by atoms with E-state index in [-0.39, 0.29) is 19.0 Å². The van der Waals surface area contributed by atoms with Crippen molar-refractivity contribution in [3.05, 3.63) is 35.2 Å². The van der Waals surface area contributed by atoms with E-state index in [4.69, 9.17) is 10.6 Å². The van der Waals surface area contributed by atoms with Gasteiger partial charge in [-0.3, -0.25) is 10.1 Å². The standard InChI is InChI=1S/C16H21N5O4S/c1-4-24-16(23)18-14(22)9-26-15-20-19-13(21(15)17)8-25-12-6-5-10(2)7-11(12)3/h5-7H,4,8-9,17H2,1-3H3,(H,18,22,23). The number of nitrogens with one attached hydrogen (secondary N) is 1. The minimum absolute atomic E-state index is 0.0495. The second kappa shape index (κ2) is 9.09. The molecule has 9 nitrogen and oxygen atoms in total. The number of thioether (sulfide) groups is 1. The molecule has 0 aliphatic rings. The molecule has 0 fully saturated rings. The number of nitrogen functional groups attached to an aromatic ring is 1. The molecule has 0 aliphatic heterocycles. The van der Waals surface area contributed by atoms with Gasteiger partial charge in [0.2, 0.25) is 11.1 Å². The first-order valence-corrected chi connectivity index (χ1v) is 8.88. The van der Waals surface area contributed by atoms with Crippen molar-refractivity contribution in [2.45, 2.75) is 32.5 Å². The molecule has 140 valence electrons. The molecule has 0 spiro atoms. The van der Waals surface area contributed by atoms with Crippen LogP contribution in [-0.2, 0) is 16.1 Å². The largest absolute Gasteiger partial charge is 0.485 e. The summed E-state index contributed by atoms with van der Waals surface area (Å²) in [5, 5.41) is 10.3. The van der Waals surface area contributed by atoms with Crippen molar-refractivity contribution in [1.29, 1.82) is 0 Å². The number of aromatic nitrogens is 3. The maximum absolute atomic E-state index is 11.6. The topological polar surface area (TPSA) is 121 Å². The third kappa shape index (κ3) is 5.38. The summed E-state index contributed by atoms with van der Waals surface area (Å²) in [6, 6.07) is 5.86. The number of aryl methyl sites for hydroxylation is 2. The number of nitrogens with two attached hydrogens (primary N) is 1. The highest BCUT2D eigenvalue weighted by atomic mass is 32.2. The minimum atomic E-state index is -0.783. The molecule has 0 saturated carbocycles. The average molecular weight is 379 g/mol. The van der Waals surface area contributed by atoms with Crippen molar-refractivity contribution in [2.75, 3.05) is 18.2 Å². The van der Waals surface area contributed by atoms with Gasteiger partial charge in [0, 0.05) is 0 Å². The third-order valence-electron chi connectivity index (χ3n) is 3.27. The van der Waals surface area contributed by atoms with Crippen LogP contribution in [0.25, 0.3) is 0 Å². The first-order valence-electron chi connectivity index (χ1n) is 7.89. The van der Waals surface area contributed by atoms with Crippen molar-refractivity contribution in [2.24, 2.45) is 0 Å². The Balaban J connectivity index is 1.89. The van der Waals surface area contributed by atoms with Crippen LogP contribution in [0.2, 0.25) is 0 Å². The summed E-state index contributed by atoms with van der Waals surface area (Å²) in [4.78, 5) is 22.8. The van der Waals surface area contributed by atoms with Crippen molar-refractivity contribution in [3.63, 3.8) is 0 Å². The average Bonchev–Trinajstić information content (AvgIpc) is 2.92. The summed E-state index contributed by atoms with van der Waals surface area (Å²) in [7, 11) is 0. The Morgan fingerprint density at radius 1 is 1.31 bits per heavy atom. The minimum Gasteiger partial charge on any atom is -0.485 e. The molecular formula is C16H21N5O4S. The fraction of sp³-hybridized carbons (Fsp3) is 0.375. The summed E-state index contributed by atoms with van der Waals surface area (Å²) >= 11 is 1.05. The van der Waals surface area contributed by atoms with Crippen molar-refractivity contribution in [1.82, 2.24) is 20.2 Å². The lowest BCUT2D eigenvalue weighted by Crippen LogP contribution is -2.32. The van der Waals surface area contributed by atoms with E-state index >= 15 is 0 Å². The van der Waals surface area contributed by atoms with Crippen LogP contribution in [0.4, 0.5) is 4.79 Å². The van der Waals surface area contributed by atoms with Crippen LogP contribution in [0, 0.1) is 13.8 Å². The highest BCUT2D eigenvalue weighted by Crippen LogP contribution is 2.20.